The van der Waals surface area contributed by atoms with Gasteiger partial charge in [-0.25, -0.2) is 4.79 Å². The first-order chi connectivity index (χ1) is 13.1. The van der Waals surface area contributed by atoms with Gasteiger partial charge in [0.2, 0.25) is 11.8 Å². The molecular weight excluding hydrogens is 360 g/mol. The summed E-state index contributed by atoms with van der Waals surface area (Å²) in [6.45, 7) is 4.98. The molecule has 0 atom stereocenters. The van der Waals surface area contributed by atoms with Crippen molar-refractivity contribution in [3.05, 3.63) is 65.2 Å². The van der Waals surface area contributed by atoms with Gasteiger partial charge in [-0.05, 0) is 48.5 Å². The van der Waals surface area contributed by atoms with Gasteiger partial charge in [-0.1, -0.05) is 20.8 Å². The number of ether oxygens (including phenoxy) is 1. The molecule has 0 saturated carbocycles. The molecule has 0 radical (unpaired) electrons. The van der Waals surface area contributed by atoms with E-state index in [4.69, 9.17) is 10.5 Å². The summed E-state index contributed by atoms with van der Waals surface area (Å²) >= 11 is 0. The highest BCUT2D eigenvalue weighted by atomic mass is 16.5. The Kier molecular flexibility index (Phi) is 6.30. The second-order valence-electron chi connectivity index (χ2n) is 7.22. The second kappa shape index (κ2) is 8.47. The van der Waals surface area contributed by atoms with Gasteiger partial charge in [-0.3, -0.25) is 14.4 Å². The van der Waals surface area contributed by atoms with Gasteiger partial charge < -0.3 is 15.8 Å². The Hall–Kier alpha value is -3.48. The zero-order chi connectivity index (χ0) is 20.9. The Balaban J connectivity index is 1.93. The number of anilines is 1. The van der Waals surface area contributed by atoms with E-state index in [1.807, 2.05) is 0 Å². The number of rotatable bonds is 6. The van der Waals surface area contributed by atoms with E-state index in [0.29, 0.717) is 11.3 Å². The van der Waals surface area contributed by atoms with E-state index >= 15 is 0 Å². The van der Waals surface area contributed by atoms with Crippen molar-refractivity contribution in [2.75, 3.05) is 11.9 Å². The highest BCUT2D eigenvalue weighted by Crippen LogP contribution is 2.18. The lowest BCUT2D eigenvalue weighted by Gasteiger charge is -2.17. The van der Waals surface area contributed by atoms with Gasteiger partial charge in [0, 0.05) is 22.2 Å². The minimum absolute atomic E-state index is 0.136. The molecule has 2 amide bonds. The number of hydrogen-bond donors (Lipinski definition) is 2. The lowest BCUT2D eigenvalue weighted by molar-refractivity contribution is -0.123. The largest absolute Gasteiger partial charge is 0.454 e. The van der Waals surface area contributed by atoms with E-state index in [1.54, 1.807) is 45.0 Å². The van der Waals surface area contributed by atoms with Crippen LogP contribution in [0, 0.1) is 5.41 Å². The molecule has 0 aliphatic carbocycles. The van der Waals surface area contributed by atoms with Gasteiger partial charge in [0.1, 0.15) is 0 Å². The van der Waals surface area contributed by atoms with Gasteiger partial charge in [0.25, 0.3) is 0 Å². The van der Waals surface area contributed by atoms with Crippen molar-refractivity contribution in [3.63, 3.8) is 0 Å². The molecule has 0 spiro atoms. The van der Waals surface area contributed by atoms with Gasteiger partial charge in [0.15, 0.2) is 12.4 Å². The summed E-state index contributed by atoms with van der Waals surface area (Å²) in [5.74, 6) is -1.80. The Labute approximate surface area is 162 Å². The van der Waals surface area contributed by atoms with E-state index in [-0.39, 0.29) is 22.8 Å². The number of esters is 1. The number of ketones is 1. The van der Waals surface area contributed by atoms with E-state index < -0.39 is 23.9 Å². The van der Waals surface area contributed by atoms with Crippen molar-refractivity contribution in [1.29, 1.82) is 0 Å². The van der Waals surface area contributed by atoms with E-state index in [2.05, 4.69) is 5.32 Å². The van der Waals surface area contributed by atoms with Crippen LogP contribution in [0.25, 0.3) is 0 Å². The quantitative estimate of drug-likeness (QED) is 0.589. The molecule has 7 nitrogen and oxygen atoms in total. The number of carbonyl (C=O) groups is 4. The van der Waals surface area contributed by atoms with E-state index in [9.17, 15) is 19.2 Å². The van der Waals surface area contributed by atoms with Crippen molar-refractivity contribution in [3.8, 4) is 0 Å². The molecule has 0 aliphatic heterocycles. The molecule has 146 valence electrons. The number of nitrogens with two attached hydrogens (primary N) is 1. The van der Waals surface area contributed by atoms with E-state index in [1.165, 1.54) is 24.3 Å². The van der Waals surface area contributed by atoms with Crippen LogP contribution in [0.2, 0.25) is 0 Å². The average molecular weight is 382 g/mol. The standard InChI is InChI=1S/C21H22N2O5/c1-21(2,3)20(27)23-16-10-8-13(9-11-16)17(24)12-28-19(26)15-6-4-14(5-7-15)18(22)25/h4-11H,12H2,1-3H3,(H2,22,25)(H,23,27). The van der Waals surface area contributed by atoms with Crippen LogP contribution in [0.15, 0.2) is 48.5 Å². The SMILES string of the molecule is CC(C)(C)C(=O)Nc1ccc(C(=O)COC(=O)c2ccc(C(N)=O)cc2)cc1. The van der Waals surface area contributed by atoms with E-state index in [0.717, 1.165) is 0 Å². The monoisotopic (exact) mass is 382 g/mol. The Morgan fingerprint density at radius 2 is 1.36 bits per heavy atom. The average Bonchev–Trinajstić information content (AvgIpc) is 2.65. The maximum absolute atomic E-state index is 12.2. The van der Waals surface area contributed by atoms with Crippen molar-refractivity contribution >= 4 is 29.3 Å². The molecule has 0 bridgehead atoms. The van der Waals surface area contributed by atoms with Crippen LogP contribution in [-0.4, -0.2) is 30.2 Å². The second-order valence-corrected chi connectivity index (χ2v) is 7.22. The lowest BCUT2D eigenvalue weighted by Crippen LogP contribution is -2.27. The first-order valence-electron chi connectivity index (χ1n) is 8.59. The van der Waals surface area contributed by atoms with Crippen LogP contribution < -0.4 is 11.1 Å². The van der Waals surface area contributed by atoms with Crippen molar-refractivity contribution < 1.29 is 23.9 Å². The minimum atomic E-state index is -0.682. The summed E-state index contributed by atoms with van der Waals surface area (Å²) in [5.41, 5.74) is 6.01. The van der Waals surface area contributed by atoms with Crippen molar-refractivity contribution in [1.82, 2.24) is 0 Å². The summed E-state index contributed by atoms with van der Waals surface area (Å²) in [4.78, 5) is 47.2. The van der Waals surface area contributed by atoms with Crippen LogP contribution in [0.3, 0.4) is 0 Å². The molecule has 2 aromatic carbocycles. The van der Waals surface area contributed by atoms with Crippen LogP contribution in [0.4, 0.5) is 5.69 Å². The third kappa shape index (κ3) is 5.51. The van der Waals surface area contributed by atoms with Crippen molar-refractivity contribution in [2.24, 2.45) is 11.1 Å². The predicted molar refractivity (Wildman–Crippen MR) is 104 cm³/mol. The highest BCUT2D eigenvalue weighted by Gasteiger charge is 2.21. The topological polar surface area (TPSA) is 116 Å². The number of primary amides is 1. The fourth-order valence-corrected chi connectivity index (χ4v) is 2.13. The summed E-state index contributed by atoms with van der Waals surface area (Å²) in [6.07, 6.45) is 0. The molecule has 0 heterocycles. The lowest BCUT2D eigenvalue weighted by atomic mass is 9.95. The number of Topliss-reactive ketones (excluding diaryl/α,β-unsaturated/α-hetero) is 1. The molecule has 2 rings (SSSR count). The smallest absolute Gasteiger partial charge is 0.338 e. The summed E-state index contributed by atoms with van der Waals surface area (Å²) in [6, 6.07) is 11.9. The molecule has 0 aromatic heterocycles. The van der Waals surface area contributed by atoms with Crippen LogP contribution in [0.5, 0.6) is 0 Å². The van der Waals surface area contributed by atoms with Crippen molar-refractivity contribution in [2.45, 2.75) is 20.8 Å². The fraction of sp³-hybridized carbons (Fsp3) is 0.238. The summed E-state index contributed by atoms with van der Waals surface area (Å²) < 4.78 is 5.01. The zero-order valence-electron chi connectivity index (χ0n) is 15.9. The molecule has 7 heteroatoms. The molecule has 0 aliphatic rings. The first kappa shape index (κ1) is 20.8. The summed E-state index contributed by atoms with van der Waals surface area (Å²) in [7, 11) is 0. The minimum Gasteiger partial charge on any atom is -0.454 e. The number of carbonyl (C=O) groups excluding carboxylic acids is 4. The Morgan fingerprint density at radius 1 is 0.857 bits per heavy atom. The Morgan fingerprint density at radius 3 is 1.86 bits per heavy atom. The highest BCUT2D eigenvalue weighted by molar-refractivity contribution is 6.00. The van der Waals surface area contributed by atoms with Gasteiger partial charge in [-0.15, -0.1) is 0 Å². The van der Waals surface area contributed by atoms with Gasteiger partial charge in [0.05, 0.1) is 5.56 Å². The molecule has 0 saturated heterocycles. The Bertz CT molecular complexity index is 894. The van der Waals surface area contributed by atoms with Crippen LogP contribution in [0.1, 0.15) is 51.8 Å². The number of hydrogen-bond acceptors (Lipinski definition) is 5. The molecular formula is C21H22N2O5. The summed E-state index contributed by atoms with van der Waals surface area (Å²) in [5, 5.41) is 2.76. The first-order valence-corrected chi connectivity index (χ1v) is 8.59. The predicted octanol–water partition coefficient (Wildman–Crippen LogP) is 2.81. The van der Waals surface area contributed by atoms with Crippen LogP contribution >= 0.6 is 0 Å². The maximum atomic E-state index is 12.2. The van der Waals surface area contributed by atoms with Gasteiger partial charge >= 0.3 is 5.97 Å². The molecule has 28 heavy (non-hydrogen) atoms. The third-order valence-corrected chi connectivity index (χ3v) is 3.89. The number of nitrogens with one attached hydrogen (secondary N) is 1. The molecule has 0 fully saturated rings. The number of benzene rings is 2. The molecule has 3 N–H and O–H groups in total. The number of amides is 2. The third-order valence-electron chi connectivity index (χ3n) is 3.89. The molecule has 2 aromatic rings. The fourth-order valence-electron chi connectivity index (χ4n) is 2.13. The normalized spacial score (nSPS) is 10.8. The zero-order valence-corrected chi connectivity index (χ0v) is 15.9. The molecule has 0 unspecified atom stereocenters. The van der Waals surface area contributed by atoms with Gasteiger partial charge in [-0.2, -0.15) is 0 Å². The maximum Gasteiger partial charge on any atom is 0.338 e. The van der Waals surface area contributed by atoms with Crippen LogP contribution in [-0.2, 0) is 9.53 Å².